The smallest absolute Gasteiger partial charge is 0.293 e. The molecule has 0 spiro atoms. The molecular weight excluding hydrogens is 213 g/mol. The van der Waals surface area contributed by atoms with Gasteiger partial charge in [0.15, 0.2) is 0 Å². The maximum atomic E-state index is 12.4. The molecule has 1 aromatic heterocycles. The lowest BCUT2D eigenvalue weighted by atomic mass is 10.3. The van der Waals surface area contributed by atoms with Gasteiger partial charge in [0.25, 0.3) is 0 Å². The van der Waals surface area contributed by atoms with Crippen molar-refractivity contribution in [2.75, 3.05) is 0 Å². The maximum absolute atomic E-state index is 12.4. The van der Waals surface area contributed by atoms with E-state index in [1.807, 2.05) is 6.92 Å². The standard InChI is InChI=1S/C8H11F3N2S/c1-3-4-13-7(14)5(2)6(12-13)8(9,10)11/h12H,3-4H2,1-2H3. The lowest BCUT2D eigenvalue weighted by Gasteiger charge is -2.04. The summed E-state index contributed by atoms with van der Waals surface area (Å²) in [5.41, 5.74) is -0.642. The van der Waals surface area contributed by atoms with E-state index >= 15 is 0 Å². The summed E-state index contributed by atoms with van der Waals surface area (Å²) in [6, 6.07) is 0. The van der Waals surface area contributed by atoms with Crippen molar-refractivity contribution in [1.82, 2.24) is 9.78 Å². The molecule has 1 heterocycles. The molecule has 0 atom stereocenters. The molecule has 0 fully saturated rings. The number of H-pyrrole nitrogens is 1. The Bertz CT molecular complexity index is 375. The minimum absolute atomic E-state index is 0.0981. The van der Waals surface area contributed by atoms with Crippen molar-refractivity contribution in [3.8, 4) is 0 Å². The van der Waals surface area contributed by atoms with E-state index in [1.54, 1.807) is 0 Å². The maximum Gasteiger partial charge on any atom is 0.433 e. The van der Waals surface area contributed by atoms with Gasteiger partial charge in [-0.3, -0.25) is 9.78 Å². The van der Waals surface area contributed by atoms with Crippen LogP contribution in [0.15, 0.2) is 0 Å². The Balaban J connectivity index is 3.22. The lowest BCUT2D eigenvalue weighted by molar-refractivity contribution is -0.141. The highest BCUT2D eigenvalue weighted by atomic mass is 32.1. The fourth-order valence-corrected chi connectivity index (χ4v) is 1.47. The highest BCUT2D eigenvalue weighted by Crippen LogP contribution is 2.30. The van der Waals surface area contributed by atoms with Crippen molar-refractivity contribution in [3.63, 3.8) is 0 Å². The fourth-order valence-electron chi connectivity index (χ4n) is 1.24. The molecule has 0 aliphatic heterocycles. The molecule has 1 rings (SSSR count). The van der Waals surface area contributed by atoms with Gasteiger partial charge in [-0.25, -0.2) is 0 Å². The SMILES string of the molecule is CCCn1[nH]c(C(F)(F)F)c(C)c1=S. The molecule has 0 amide bonds. The monoisotopic (exact) mass is 224 g/mol. The summed E-state index contributed by atoms with van der Waals surface area (Å²) >= 11 is 4.88. The largest absolute Gasteiger partial charge is 0.433 e. The van der Waals surface area contributed by atoms with Gasteiger partial charge in [-0.2, -0.15) is 13.2 Å². The number of aromatic nitrogens is 2. The molecule has 2 nitrogen and oxygen atoms in total. The number of aryl methyl sites for hydroxylation is 1. The van der Waals surface area contributed by atoms with Crippen LogP contribution in [0, 0.1) is 11.6 Å². The van der Waals surface area contributed by atoms with Crippen molar-refractivity contribution in [2.24, 2.45) is 0 Å². The third-order valence-electron chi connectivity index (χ3n) is 1.92. The van der Waals surface area contributed by atoms with Crippen LogP contribution in [-0.4, -0.2) is 9.78 Å². The second-order valence-electron chi connectivity index (χ2n) is 3.07. The van der Waals surface area contributed by atoms with E-state index in [-0.39, 0.29) is 10.2 Å². The summed E-state index contributed by atoms with van der Waals surface area (Å²) < 4.78 is 38.8. The number of halogens is 3. The van der Waals surface area contributed by atoms with Crippen LogP contribution in [0.1, 0.15) is 24.6 Å². The van der Waals surface area contributed by atoms with Gasteiger partial charge in [-0.05, 0) is 13.3 Å². The van der Waals surface area contributed by atoms with Gasteiger partial charge in [0, 0.05) is 12.1 Å². The first-order valence-electron chi connectivity index (χ1n) is 4.24. The minimum Gasteiger partial charge on any atom is -0.293 e. The van der Waals surface area contributed by atoms with Crippen LogP contribution in [0.4, 0.5) is 13.2 Å². The number of hydrogen-bond donors (Lipinski definition) is 1. The van der Waals surface area contributed by atoms with E-state index in [9.17, 15) is 13.2 Å². The Hall–Kier alpha value is -0.780. The molecule has 6 heteroatoms. The predicted octanol–water partition coefficient (Wildman–Crippen LogP) is 3.28. The Morgan fingerprint density at radius 3 is 2.36 bits per heavy atom. The predicted molar refractivity (Wildman–Crippen MR) is 49.6 cm³/mol. The number of nitrogens with one attached hydrogen (secondary N) is 1. The van der Waals surface area contributed by atoms with Gasteiger partial charge in [-0.15, -0.1) is 0 Å². The highest BCUT2D eigenvalue weighted by Gasteiger charge is 2.35. The molecule has 0 aliphatic rings. The topological polar surface area (TPSA) is 20.7 Å². The molecule has 14 heavy (non-hydrogen) atoms. The molecule has 0 saturated heterocycles. The highest BCUT2D eigenvalue weighted by molar-refractivity contribution is 7.71. The molecule has 0 unspecified atom stereocenters. The Kier molecular flexibility index (Phi) is 3.04. The van der Waals surface area contributed by atoms with Crippen LogP contribution < -0.4 is 0 Å². The lowest BCUT2D eigenvalue weighted by Crippen LogP contribution is -2.09. The molecule has 0 saturated carbocycles. The summed E-state index contributed by atoms with van der Waals surface area (Å²) in [6.45, 7) is 3.74. The fraction of sp³-hybridized carbons (Fsp3) is 0.625. The van der Waals surface area contributed by atoms with Crippen LogP contribution in [0.2, 0.25) is 0 Å². The van der Waals surface area contributed by atoms with Crippen molar-refractivity contribution < 1.29 is 13.2 Å². The number of hydrogen-bond acceptors (Lipinski definition) is 1. The van der Waals surface area contributed by atoms with E-state index in [0.29, 0.717) is 6.54 Å². The first-order valence-corrected chi connectivity index (χ1v) is 4.65. The van der Waals surface area contributed by atoms with Crippen LogP contribution in [0.5, 0.6) is 0 Å². The van der Waals surface area contributed by atoms with Crippen LogP contribution in [0.3, 0.4) is 0 Å². The quantitative estimate of drug-likeness (QED) is 0.764. The first-order chi connectivity index (χ1) is 6.38. The number of nitrogens with zero attached hydrogens (tertiary/aromatic N) is 1. The van der Waals surface area contributed by atoms with Gasteiger partial charge >= 0.3 is 6.18 Å². The first kappa shape index (κ1) is 11.3. The van der Waals surface area contributed by atoms with Crippen LogP contribution in [-0.2, 0) is 12.7 Å². The van der Waals surface area contributed by atoms with E-state index in [1.165, 1.54) is 11.6 Å². The Morgan fingerprint density at radius 1 is 1.43 bits per heavy atom. The van der Waals surface area contributed by atoms with Crippen molar-refractivity contribution in [1.29, 1.82) is 0 Å². The Morgan fingerprint density at radius 2 is 2.00 bits per heavy atom. The van der Waals surface area contributed by atoms with E-state index in [0.717, 1.165) is 6.42 Å². The van der Waals surface area contributed by atoms with Gasteiger partial charge in [0.2, 0.25) is 0 Å². The van der Waals surface area contributed by atoms with Crippen LogP contribution in [0.25, 0.3) is 0 Å². The number of alkyl halides is 3. The zero-order chi connectivity index (χ0) is 10.9. The average Bonchev–Trinajstić information content (AvgIpc) is 2.32. The van der Waals surface area contributed by atoms with Gasteiger partial charge in [0.05, 0.1) is 0 Å². The number of rotatable bonds is 2. The van der Waals surface area contributed by atoms with Crippen molar-refractivity contribution in [3.05, 3.63) is 15.9 Å². The van der Waals surface area contributed by atoms with Crippen LogP contribution >= 0.6 is 12.2 Å². The van der Waals surface area contributed by atoms with E-state index in [2.05, 4.69) is 5.10 Å². The van der Waals surface area contributed by atoms with Crippen molar-refractivity contribution >= 4 is 12.2 Å². The molecule has 0 aromatic carbocycles. The minimum atomic E-state index is -4.35. The molecule has 0 aliphatic carbocycles. The Labute approximate surface area is 84.7 Å². The zero-order valence-electron chi connectivity index (χ0n) is 7.90. The summed E-state index contributed by atoms with van der Waals surface area (Å²) in [4.78, 5) is 0. The van der Waals surface area contributed by atoms with Gasteiger partial charge < -0.3 is 0 Å². The van der Waals surface area contributed by atoms with Gasteiger partial charge in [0.1, 0.15) is 10.3 Å². The van der Waals surface area contributed by atoms with E-state index < -0.39 is 11.9 Å². The second kappa shape index (κ2) is 3.76. The average molecular weight is 224 g/mol. The van der Waals surface area contributed by atoms with Crippen molar-refractivity contribution in [2.45, 2.75) is 33.0 Å². The molecule has 1 N–H and O–H groups in total. The molecule has 0 bridgehead atoms. The molecule has 0 radical (unpaired) electrons. The second-order valence-corrected chi connectivity index (χ2v) is 3.45. The summed E-state index contributed by atoms with van der Waals surface area (Å²) in [5, 5.41) is 2.28. The third kappa shape index (κ3) is 2.00. The van der Waals surface area contributed by atoms with E-state index in [4.69, 9.17) is 12.2 Å². The third-order valence-corrected chi connectivity index (χ3v) is 2.44. The summed E-state index contributed by atoms with van der Waals surface area (Å²) in [6.07, 6.45) is -3.61. The molecule has 1 aromatic rings. The molecule has 80 valence electrons. The zero-order valence-corrected chi connectivity index (χ0v) is 8.72. The normalized spacial score (nSPS) is 12.1. The molecular formula is C8H11F3N2S. The summed E-state index contributed by atoms with van der Waals surface area (Å²) in [5.74, 6) is 0. The van der Waals surface area contributed by atoms with Gasteiger partial charge in [-0.1, -0.05) is 19.1 Å². The number of aromatic amines is 1. The summed E-state index contributed by atoms with van der Waals surface area (Å²) in [7, 11) is 0.